The van der Waals surface area contributed by atoms with Gasteiger partial charge in [-0.1, -0.05) is 23.7 Å². The molecule has 110 valence electrons. The molecule has 1 aromatic heterocycles. The van der Waals surface area contributed by atoms with E-state index in [0.29, 0.717) is 16.8 Å². The van der Waals surface area contributed by atoms with Gasteiger partial charge in [-0.05, 0) is 31.5 Å². The van der Waals surface area contributed by atoms with Gasteiger partial charge in [0, 0.05) is 25.8 Å². The van der Waals surface area contributed by atoms with Crippen molar-refractivity contribution in [1.82, 2.24) is 9.97 Å². The zero-order valence-electron chi connectivity index (χ0n) is 12.6. The molecule has 0 amide bonds. The number of benzene rings is 1. The quantitative estimate of drug-likeness (QED) is 0.535. The summed E-state index contributed by atoms with van der Waals surface area (Å²) in [5.74, 6) is 1.19. The number of rotatable bonds is 4. The van der Waals surface area contributed by atoms with E-state index in [0.717, 1.165) is 17.0 Å². The second kappa shape index (κ2) is 6.54. The predicted molar refractivity (Wildman–Crippen MR) is 88.4 cm³/mol. The fraction of sp³-hybridized carbons (Fsp3) is 0.267. The Balaban J connectivity index is 2.13. The summed E-state index contributed by atoms with van der Waals surface area (Å²) in [6.45, 7) is 3.72. The van der Waals surface area contributed by atoms with E-state index in [9.17, 15) is 0 Å². The van der Waals surface area contributed by atoms with Gasteiger partial charge in [-0.3, -0.25) is 5.43 Å². The molecule has 0 spiro atoms. The van der Waals surface area contributed by atoms with Gasteiger partial charge in [-0.2, -0.15) is 5.10 Å². The van der Waals surface area contributed by atoms with Gasteiger partial charge in [-0.25, -0.2) is 9.97 Å². The normalized spacial score (nSPS) is 11.4. The molecule has 0 aliphatic carbocycles. The number of nitrogens with one attached hydrogen (secondary N) is 1. The largest absolute Gasteiger partial charge is 0.378 e. The molecule has 0 bridgehead atoms. The fourth-order valence-electron chi connectivity index (χ4n) is 1.79. The maximum Gasteiger partial charge on any atom is 0.151 e. The number of nitrogens with zero attached hydrogens (tertiary/aromatic N) is 4. The average Bonchev–Trinajstić information content (AvgIpc) is 2.44. The highest BCUT2D eigenvalue weighted by molar-refractivity contribution is 6.29. The first-order valence-corrected chi connectivity index (χ1v) is 6.93. The smallest absolute Gasteiger partial charge is 0.151 e. The third-order valence-corrected chi connectivity index (χ3v) is 3.14. The van der Waals surface area contributed by atoms with E-state index in [1.165, 1.54) is 0 Å². The van der Waals surface area contributed by atoms with Crippen molar-refractivity contribution in [3.8, 4) is 0 Å². The van der Waals surface area contributed by atoms with Crippen LogP contribution < -0.4 is 10.3 Å². The molecule has 0 aliphatic heterocycles. The maximum atomic E-state index is 5.89. The summed E-state index contributed by atoms with van der Waals surface area (Å²) in [5, 5.41) is 4.72. The minimum atomic E-state index is 0.396. The third kappa shape index (κ3) is 4.16. The van der Waals surface area contributed by atoms with E-state index in [1.807, 2.05) is 33.2 Å². The molecule has 6 heteroatoms. The van der Waals surface area contributed by atoms with Gasteiger partial charge in [0.25, 0.3) is 0 Å². The molecule has 1 heterocycles. The van der Waals surface area contributed by atoms with Crippen LogP contribution in [0.5, 0.6) is 0 Å². The highest BCUT2D eigenvalue weighted by atomic mass is 35.5. The van der Waals surface area contributed by atoms with Crippen molar-refractivity contribution in [3.63, 3.8) is 0 Å². The molecule has 0 unspecified atom stereocenters. The van der Waals surface area contributed by atoms with Gasteiger partial charge < -0.3 is 4.90 Å². The summed E-state index contributed by atoms with van der Waals surface area (Å²) in [4.78, 5) is 10.3. The lowest BCUT2D eigenvalue weighted by Crippen LogP contribution is -2.08. The van der Waals surface area contributed by atoms with Crippen LogP contribution in [0.4, 0.5) is 11.5 Å². The number of aromatic nitrogens is 2. The van der Waals surface area contributed by atoms with Gasteiger partial charge in [0.15, 0.2) is 5.82 Å². The van der Waals surface area contributed by atoms with Gasteiger partial charge in [0.2, 0.25) is 0 Å². The van der Waals surface area contributed by atoms with Crippen LogP contribution in [-0.4, -0.2) is 29.8 Å². The Morgan fingerprint density at radius 3 is 2.43 bits per heavy atom. The average molecular weight is 304 g/mol. The summed E-state index contributed by atoms with van der Waals surface area (Å²) in [6.07, 6.45) is 0. The third-order valence-electron chi connectivity index (χ3n) is 2.95. The molecule has 0 saturated carbocycles. The highest BCUT2D eigenvalue weighted by Gasteiger charge is 2.01. The zero-order chi connectivity index (χ0) is 15.4. The molecular weight excluding hydrogens is 286 g/mol. The van der Waals surface area contributed by atoms with Gasteiger partial charge >= 0.3 is 0 Å². The summed E-state index contributed by atoms with van der Waals surface area (Å²) >= 11 is 5.89. The van der Waals surface area contributed by atoms with Gasteiger partial charge in [0.1, 0.15) is 11.0 Å². The van der Waals surface area contributed by atoms with Crippen LogP contribution in [-0.2, 0) is 0 Å². The van der Waals surface area contributed by atoms with Gasteiger partial charge in [0.05, 0.1) is 5.71 Å². The number of anilines is 2. The van der Waals surface area contributed by atoms with Crippen LogP contribution in [0.25, 0.3) is 0 Å². The Hall–Kier alpha value is -2.14. The topological polar surface area (TPSA) is 53.4 Å². The van der Waals surface area contributed by atoms with Crippen molar-refractivity contribution >= 4 is 28.8 Å². The van der Waals surface area contributed by atoms with Crippen molar-refractivity contribution in [2.24, 2.45) is 5.10 Å². The highest BCUT2D eigenvalue weighted by Crippen LogP contribution is 2.14. The Kier molecular flexibility index (Phi) is 4.75. The zero-order valence-corrected chi connectivity index (χ0v) is 13.3. The fourth-order valence-corrected chi connectivity index (χ4v) is 2.02. The lowest BCUT2D eigenvalue weighted by Gasteiger charge is -2.12. The maximum absolute atomic E-state index is 5.89. The van der Waals surface area contributed by atoms with Crippen molar-refractivity contribution in [2.45, 2.75) is 13.8 Å². The summed E-state index contributed by atoms with van der Waals surface area (Å²) in [7, 11) is 4.03. The van der Waals surface area contributed by atoms with Crippen molar-refractivity contribution < 1.29 is 0 Å². The van der Waals surface area contributed by atoms with Crippen molar-refractivity contribution in [1.29, 1.82) is 0 Å². The summed E-state index contributed by atoms with van der Waals surface area (Å²) < 4.78 is 0. The first-order valence-electron chi connectivity index (χ1n) is 6.55. The number of hydrazone groups is 1. The lowest BCUT2D eigenvalue weighted by molar-refractivity contribution is 1.04. The Morgan fingerprint density at radius 2 is 1.86 bits per heavy atom. The minimum Gasteiger partial charge on any atom is -0.378 e. The van der Waals surface area contributed by atoms with Crippen LogP contribution >= 0.6 is 11.6 Å². The second-order valence-corrected chi connectivity index (χ2v) is 5.26. The first kappa shape index (κ1) is 15.3. The van der Waals surface area contributed by atoms with Gasteiger partial charge in [-0.15, -0.1) is 0 Å². The summed E-state index contributed by atoms with van der Waals surface area (Å²) in [5.41, 5.74) is 5.97. The molecular formula is C15H18ClN5. The number of hydrogen-bond donors (Lipinski definition) is 1. The van der Waals surface area contributed by atoms with E-state index in [1.54, 1.807) is 13.0 Å². The van der Waals surface area contributed by atoms with E-state index < -0.39 is 0 Å². The van der Waals surface area contributed by atoms with Crippen LogP contribution in [0.2, 0.25) is 5.15 Å². The van der Waals surface area contributed by atoms with E-state index in [4.69, 9.17) is 11.6 Å². The Morgan fingerprint density at radius 1 is 1.19 bits per heavy atom. The molecule has 0 aliphatic rings. The number of halogens is 1. The van der Waals surface area contributed by atoms with Crippen LogP contribution in [0, 0.1) is 6.92 Å². The molecule has 0 atom stereocenters. The van der Waals surface area contributed by atoms with Crippen LogP contribution in [0.3, 0.4) is 0 Å². The second-order valence-electron chi connectivity index (χ2n) is 4.87. The van der Waals surface area contributed by atoms with Crippen molar-refractivity contribution in [3.05, 3.63) is 46.9 Å². The number of hydrogen-bond acceptors (Lipinski definition) is 5. The molecule has 0 saturated heterocycles. The monoisotopic (exact) mass is 303 g/mol. The molecule has 0 fully saturated rings. The molecule has 21 heavy (non-hydrogen) atoms. The molecule has 0 radical (unpaired) electrons. The Labute approximate surface area is 129 Å². The van der Waals surface area contributed by atoms with E-state index >= 15 is 0 Å². The Bertz CT molecular complexity index is 629. The molecule has 1 aromatic carbocycles. The number of aryl methyl sites for hydroxylation is 1. The molecule has 2 rings (SSSR count). The lowest BCUT2D eigenvalue weighted by atomic mass is 10.1. The van der Waals surface area contributed by atoms with Crippen LogP contribution in [0.15, 0.2) is 35.4 Å². The first-order chi connectivity index (χ1) is 9.95. The van der Waals surface area contributed by atoms with E-state index in [-0.39, 0.29) is 0 Å². The van der Waals surface area contributed by atoms with Crippen molar-refractivity contribution in [2.75, 3.05) is 24.4 Å². The molecule has 2 aromatic rings. The molecule has 1 N–H and O–H groups in total. The predicted octanol–water partition coefficient (Wildman–Crippen LogP) is 3.34. The van der Waals surface area contributed by atoms with Crippen LogP contribution in [0.1, 0.15) is 18.3 Å². The SMILES string of the molecule is C/C(=N\Nc1cc(Cl)nc(C)n1)c1ccc(N(C)C)cc1. The van der Waals surface area contributed by atoms with E-state index in [2.05, 4.69) is 37.5 Å². The standard InChI is InChI=1S/C15H18ClN5/c1-10(12-5-7-13(8-6-12)21(3)4)19-20-15-9-14(16)17-11(2)18-15/h5-9H,1-4H3,(H,17,18,20)/b19-10+. The summed E-state index contributed by atoms with van der Waals surface area (Å²) in [6, 6.07) is 9.82. The molecule has 5 nitrogen and oxygen atoms in total. The minimum absolute atomic E-state index is 0.396.